The lowest BCUT2D eigenvalue weighted by atomic mass is 9.92. The standard InChI is InChI=1S/C18H23N3O4/c1-5-24-16(22)11-25-13-8-6-7-12(9-13)19-17(23)14-10-15(21-20-14)18(2,3)4/h6-10H,5,11H2,1-4H3,(H,19,23)(H,20,21). The molecule has 1 aromatic heterocycles. The fraction of sp³-hybridized carbons (Fsp3) is 0.389. The van der Waals surface area contributed by atoms with Crippen molar-refractivity contribution in [2.24, 2.45) is 0 Å². The van der Waals surface area contributed by atoms with Crippen LogP contribution >= 0.6 is 0 Å². The van der Waals surface area contributed by atoms with E-state index in [2.05, 4.69) is 15.5 Å². The number of ether oxygens (including phenoxy) is 2. The van der Waals surface area contributed by atoms with Gasteiger partial charge in [-0.3, -0.25) is 9.89 Å². The fourth-order valence-corrected chi connectivity index (χ4v) is 2.03. The van der Waals surface area contributed by atoms with Gasteiger partial charge in [0.2, 0.25) is 0 Å². The van der Waals surface area contributed by atoms with Crippen LogP contribution in [-0.2, 0) is 14.9 Å². The number of nitrogens with one attached hydrogen (secondary N) is 2. The highest BCUT2D eigenvalue weighted by atomic mass is 16.6. The van der Waals surface area contributed by atoms with Crippen LogP contribution in [0.15, 0.2) is 30.3 Å². The molecular weight excluding hydrogens is 322 g/mol. The van der Waals surface area contributed by atoms with Crippen LogP contribution in [0.1, 0.15) is 43.9 Å². The molecule has 7 heteroatoms. The Morgan fingerprint density at radius 2 is 2.00 bits per heavy atom. The molecule has 0 saturated carbocycles. The van der Waals surface area contributed by atoms with Gasteiger partial charge in [0.05, 0.1) is 6.61 Å². The van der Waals surface area contributed by atoms with Crippen molar-refractivity contribution in [1.29, 1.82) is 0 Å². The summed E-state index contributed by atoms with van der Waals surface area (Å²) in [5.74, 6) is -0.305. The summed E-state index contributed by atoms with van der Waals surface area (Å²) in [6.45, 7) is 7.96. The summed E-state index contributed by atoms with van der Waals surface area (Å²) in [5, 5.41) is 9.69. The van der Waals surface area contributed by atoms with E-state index in [9.17, 15) is 9.59 Å². The summed E-state index contributed by atoms with van der Waals surface area (Å²) < 4.78 is 10.1. The van der Waals surface area contributed by atoms with Crippen LogP contribution in [0.4, 0.5) is 5.69 Å². The van der Waals surface area contributed by atoms with E-state index in [-0.39, 0.29) is 17.9 Å². The molecule has 0 bridgehead atoms. The summed E-state index contributed by atoms with van der Waals surface area (Å²) in [7, 11) is 0. The van der Waals surface area contributed by atoms with Gasteiger partial charge >= 0.3 is 5.97 Å². The summed E-state index contributed by atoms with van der Waals surface area (Å²) in [6.07, 6.45) is 0. The van der Waals surface area contributed by atoms with Gasteiger partial charge in [-0.05, 0) is 25.1 Å². The second kappa shape index (κ2) is 7.83. The number of aromatic nitrogens is 2. The molecule has 1 amide bonds. The number of rotatable bonds is 6. The molecule has 0 atom stereocenters. The van der Waals surface area contributed by atoms with Crippen molar-refractivity contribution in [3.05, 3.63) is 41.7 Å². The second-order valence-electron chi connectivity index (χ2n) is 6.49. The van der Waals surface area contributed by atoms with Gasteiger partial charge in [0.25, 0.3) is 5.91 Å². The zero-order valence-electron chi connectivity index (χ0n) is 14.9. The van der Waals surface area contributed by atoms with E-state index in [1.54, 1.807) is 37.3 Å². The van der Waals surface area contributed by atoms with Gasteiger partial charge in [0, 0.05) is 22.9 Å². The first-order chi connectivity index (χ1) is 11.8. The Morgan fingerprint density at radius 3 is 2.64 bits per heavy atom. The Hall–Kier alpha value is -2.83. The van der Waals surface area contributed by atoms with E-state index in [4.69, 9.17) is 9.47 Å². The molecule has 0 fully saturated rings. The lowest BCUT2D eigenvalue weighted by Crippen LogP contribution is -2.15. The first-order valence-corrected chi connectivity index (χ1v) is 8.05. The van der Waals surface area contributed by atoms with Crippen molar-refractivity contribution < 1.29 is 19.1 Å². The molecule has 0 aliphatic carbocycles. The average Bonchev–Trinajstić information content (AvgIpc) is 3.04. The number of amides is 1. The van der Waals surface area contributed by atoms with Crippen LogP contribution in [0, 0.1) is 0 Å². The number of aromatic amines is 1. The monoisotopic (exact) mass is 345 g/mol. The van der Waals surface area contributed by atoms with E-state index in [0.717, 1.165) is 5.69 Å². The van der Waals surface area contributed by atoms with Crippen molar-refractivity contribution in [1.82, 2.24) is 10.2 Å². The normalized spacial score (nSPS) is 11.0. The number of hydrogen-bond acceptors (Lipinski definition) is 5. The largest absolute Gasteiger partial charge is 0.482 e. The number of benzene rings is 1. The Morgan fingerprint density at radius 1 is 1.24 bits per heavy atom. The van der Waals surface area contributed by atoms with Crippen molar-refractivity contribution in [2.45, 2.75) is 33.1 Å². The molecule has 1 aromatic carbocycles. The van der Waals surface area contributed by atoms with Gasteiger partial charge < -0.3 is 14.8 Å². The lowest BCUT2D eigenvalue weighted by molar-refractivity contribution is -0.145. The molecule has 7 nitrogen and oxygen atoms in total. The van der Waals surface area contributed by atoms with E-state index in [0.29, 0.717) is 23.7 Å². The fourth-order valence-electron chi connectivity index (χ4n) is 2.03. The van der Waals surface area contributed by atoms with Crippen LogP contribution in [0.3, 0.4) is 0 Å². The maximum absolute atomic E-state index is 12.3. The van der Waals surface area contributed by atoms with Crippen molar-refractivity contribution in [2.75, 3.05) is 18.5 Å². The van der Waals surface area contributed by atoms with E-state index >= 15 is 0 Å². The molecule has 0 radical (unpaired) electrons. The molecule has 2 rings (SSSR count). The van der Waals surface area contributed by atoms with Crippen LogP contribution in [0.2, 0.25) is 0 Å². The van der Waals surface area contributed by atoms with Crippen LogP contribution in [0.25, 0.3) is 0 Å². The summed E-state index contributed by atoms with van der Waals surface area (Å²) in [5.41, 5.74) is 1.62. The molecule has 1 heterocycles. The molecule has 0 aliphatic rings. The maximum Gasteiger partial charge on any atom is 0.344 e. The molecule has 0 aliphatic heterocycles. The second-order valence-corrected chi connectivity index (χ2v) is 6.49. The summed E-state index contributed by atoms with van der Waals surface area (Å²) in [6, 6.07) is 8.51. The molecular formula is C18H23N3O4. The molecule has 134 valence electrons. The smallest absolute Gasteiger partial charge is 0.344 e. The van der Waals surface area contributed by atoms with Crippen molar-refractivity contribution in [3.8, 4) is 5.75 Å². The molecule has 0 saturated heterocycles. The van der Waals surface area contributed by atoms with Gasteiger partial charge in [-0.15, -0.1) is 0 Å². The Balaban J connectivity index is 2.00. The number of anilines is 1. The van der Waals surface area contributed by atoms with Crippen LogP contribution < -0.4 is 10.1 Å². The van der Waals surface area contributed by atoms with Gasteiger partial charge in [0.15, 0.2) is 12.3 Å². The number of carbonyl (C=O) groups is 2. The minimum absolute atomic E-state index is 0.119. The zero-order chi connectivity index (χ0) is 18.4. The first kappa shape index (κ1) is 18.5. The third kappa shape index (κ3) is 5.34. The number of esters is 1. The topological polar surface area (TPSA) is 93.3 Å². The third-order valence-corrected chi connectivity index (χ3v) is 3.37. The zero-order valence-corrected chi connectivity index (χ0v) is 14.9. The number of H-pyrrole nitrogens is 1. The molecule has 0 spiro atoms. The van der Waals surface area contributed by atoms with Gasteiger partial charge in [-0.2, -0.15) is 5.10 Å². The highest BCUT2D eigenvalue weighted by Crippen LogP contribution is 2.21. The summed E-state index contributed by atoms with van der Waals surface area (Å²) in [4.78, 5) is 23.6. The predicted molar refractivity (Wildman–Crippen MR) is 93.8 cm³/mol. The molecule has 2 N–H and O–H groups in total. The number of hydrogen-bond donors (Lipinski definition) is 2. The third-order valence-electron chi connectivity index (χ3n) is 3.37. The van der Waals surface area contributed by atoms with Crippen LogP contribution in [-0.4, -0.2) is 35.3 Å². The van der Waals surface area contributed by atoms with E-state index in [1.807, 2.05) is 20.8 Å². The highest BCUT2D eigenvalue weighted by Gasteiger charge is 2.19. The SMILES string of the molecule is CCOC(=O)COc1cccc(NC(=O)c2cc(C(C)(C)C)[nH]n2)c1. The molecule has 0 unspecified atom stereocenters. The number of nitrogens with zero attached hydrogens (tertiary/aromatic N) is 1. The van der Waals surface area contributed by atoms with E-state index in [1.165, 1.54) is 0 Å². The Bertz CT molecular complexity index is 747. The molecule has 25 heavy (non-hydrogen) atoms. The summed E-state index contributed by atoms with van der Waals surface area (Å²) >= 11 is 0. The Kier molecular flexibility index (Phi) is 5.80. The van der Waals surface area contributed by atoms with Gasteiger partial charge in [-0.25, -0.2) is 4.79 Å². The number of carbonyl (C=O) groups excluding carboxylic acids is 2. The predicted octanol–water partition coefficient (Wildman–Crippen LogP) is 2.90. The first-order valence-electron chi connectivity index (χ1n) is 8.05. The Labute approximate surface area is 146 Å². The van der Waals surface area contributed by atoms with Crippen molar-refractivity contribution in [3.63, 3.8) is 0 Å². The lowest BCUT2D eigenvalue weighted by Gasteiger charge is -2.14. The highest BCUT2D eigenvalue weighted by molar-refractivity contribution is 6.03. The van der Waals surface area contributed by atoms with Gasteiger partial charge in [-0.1, -0.05) is 26.8 Å². The minimum atomic E-state index is -0.442. The van der Waals surface area contributed by atoms with Crippen molar-refractivity contribution >= 4 is 17.6 Å². The van der Waals surface area contributed by atoms with E-state index < -0.39 is 5.97 Å². The minimum Gasteiger partial charge on any atom is -0.482 e. The molecule has 2 aromatic rings. The average molecular weight is 345 g/mol. The van der Waals surface area contributed by atoms with Crippen LogP contribution in [0.5, 0.6) is 5.75 Å². The van der Waals surface area contributed by atoms with Gasteiger partial charge in [0.1, 0.15) is 5.75 Å². The maximum atomic E-state index is 12.3. The quantitative estimate of drug-likeness (QED) is 0.785.